The van der Waals surface area contributed by atoms with Crippen LogP contribution in [-0.4, -0.2) is 9.55 Å². The number of rotatable bonds is 2. The van der Waals surface area contributed by atoms with Crippen molar-refractivity contribution in [1.29, 1.82) is 5.26 Å². The van der Waals surface area contributed by atoms with Gasteiger partial charge in [-0.25, -0.2) is 4.98 Å². The highest BCUT2D eigenvalue weighted by atomic mass is 35.5. The van der Waals surface area contributed by atoms with Crippen LogP contribution in [0, 0.1) is 11.3 Å². The van der Waals surface area contributed by atoms with Crippen molar-refractivity contribution in [2.45, 2.75) is 18.9 Å². The Morgan fingerprint density at radius 3 is 2.71 bits per heavy atom. The highest BCUT2D eigenvalue weighted by Crippen LogP contribution is 2.42. The quantitative estimate of drug-likeness (QED) is 0.695. The second-order valence-corrected chi connectivity index (χ2v) is 5.74. The molecule has 4 heteroatoms. The van der Waals surface area contributed by atoms with E-state index in [1.165, 1.54) is 12.8 Å². The maximum absolute atomic E-state index is 9.05. The summed E-state index contributed by atoms with van der Waals surface area (Å²) < 4.78 is 2.26. The molecule has 0 N–H and O–H groups in total. The fourth-order valence-corrected chi connectivity index (χ4v) is 2.92. The third kappa shape index (κ3) is 2.00. The lowest BCUT2D eigenvalue weighted by Crippen LogP contribution is -1.97. The Morgan fingerprint density at radius 1 is 1.19 bits per heavy atom. The van der Waals surface area contributed by atoms with Gasteiger partial charge in [0.15, 0.2) is 0 Å². The zero-order valence-corrected chi connectivity index (χ0v) is 12.0. The summed E-state index contributed by atoms with van der Waals surface area (Å²) in [5, 5.41) is 9.75. The van der Waals surface area contributed by atoms with Gasteiger partial charge in [-0.3, -0.25) is 0 Å². The first-order valence-electron chi connectivity index (χ1n) is 6.95. The standard InChI is InChI=1S/C17H12ClN3/c18-14-4-2-1-3-13(14)17-20-15-9-11(10-19)5-8-16(15)21(17)12-6-7-12/h1-5,8-9,12H,6-7H2. The van der Waals surface area contributed by atoms with Gasteiger partial charge in [0, 0.05) is 11.6 Å². The van der Waals surface area contributed by atoms with Crippen molar-refractivity contribution >= 4 is 22.6 Å². The van der Waals surface area contributed by atoms with Gasteiger partial charge in [0.2, 0.25) is 0 Å². The fraction of sp³-hybridized carbons (Fsp3) is 0.176. The van der Waals surface area contributed by atoms with Crippen LogP contribution in [-0.2, 0) is 0 Å². The molecule has 1 aliphatic carbocycles. The zero-order chi connectivity index (χ0) is 14.4. The normalized spacial score (nSPS) is 14.3. The summed E-state index contributed by atoms with van der Waals surface area (Å²) in [6.45, 7) is 0. The molecule has 1 saturated carbocycles. The van der Waals surface area contributed by atoms with Crippen LogP contribution in [0.15, 0.2) is 42.5 Å². The number of halogens is 1. The van der Waals surface area contributed by atoms with Crippen LogP contribution in [0.1, 0.15) is 24.4 Å². The summed E-state index contributed by atoms with van der Waals surface area (Å²) in [4.78, 5) is 4.74. The van der Waals surface area contributed by atoms with Crippen LogP contribution in [0.25, 0.3) is 22.4 Å². The molecule has 102 valence electrons. The molecule has 0 amide bonds. The number of imidazole rings is 1. The molecule has 0 unspecified atom stereocenters. The lowest BCUT2D eigenvalue weighted by atomic mass is 10.2. The first-order valence-corrected chi connectivity index (χ1v) is 7.33. The highest BCUT2D eigenvalue weighted by molar-refractivity contribution is 6.33. The van der Waals surface area contributed by atoms with E-state index in [1.54, 1.807) is 0 Å². The van der Waals surface area contributed by atoms with Gasteiger partial charge in [0.1, 0.15) is 5.82 Å². The maximum atomic E-state index is 9.05. The molecule has 0 atom stereocenters. The Labute approximate surface area is 127 Å². The van der Waals surface area contributed by atoms with Crippen LogP contribution in [0.4, 0.5) is 0 Å². The van der Waals surface area contributed by atoms with E-state index < -0.39 is 0 Å². The van der Waals surface area contributed by atoms with Crippen molar-refractivity contribution in [3.63, 3.8) is 0 Å². The van der Waals surface area contributed by atoms with E-state index in [9.17, 15) is 0 Å². The fourth-order valence-electron chi connectivity index (χ4n) is 2.70. The van der Waals surface area contributed by atoms with Crippen molar-refractivity contribution in [1.82, 2.24) is 9.55 Å². The van der Waals surface area contributed by atoms with Crippen molar-refractivity contribution in [2.24, 2.45) is 0 Å². The number of aromatic nitrogens is 2. The number of hydrogen-bond donors (Lipinski definition) is 0. The average molecular weight is 294 g/mol. The van der Waals surface area contributed by atoms with E-state index in [1.807, 2.05) is 42.5 Å². The molecule has 1 fully saturated rings. The monoisotopic (exact) mass is 293 g/mol. The largest absolute Gasteiger partial charge is 0.321 e. The Balaban J connectivity index is 2.02. The average Bonchev–Trinajstić information content (AvgIpc) is 3.27. The van der Waals surface area contributed by atoms with Crippen molar-refractivity contribution in [3.05, 3.63) is 53.1 Å². The Bertz CT molecular complexity index is 885. The lowest BCUT2D eigenvalue weighted by Gasteiger charge is -2.08. The number of benzene rings is 2. The van der Waals surface area contributed by atoms with E-state index in [0.29, 0.717) is 16.6 Å². The first-order chi connectivity index (χ1) is 10.3. The predicted octanol–water partition coefficient (Wildman–Crippen LogP) is 4.56. The van der Waals surface area contributed by atoms with Crippen molar-refractivity contribution < 1.29 is 0 Å². The second-order valence-electron chi connectivity index (χ2n) is 5.33. The Hall–Kier alpha value is -2.31. The number of hydrogen-bond acceptors (Lipinski definition) is 2. The van der Waals surface area contributed by atoms with E-state index in [4.69, 9.17) is 21.8 Å². The summed E-state index contributed by atoms with van der Waals surface area (Å²) >= 11 is 6.34. The SMILES string of the molecule is N#Cc1ccc2c(c1)nc(-c1ccccc1Cl)n2C1CC1. The van der Waals surface area contributed by atoms with E-state index in [2.05, 4.69) is 10.6 Å². The summed E-state index contributed by atoms with van der Waals surface area (Å²) in [5.41, 5.74) is 3.51. The number of fused-ring (bicyclic) bond motifs is 1. The van der Waals surface area contributed by atoms with Crippen molar-refractivity contribution in [3.8, 4) is 17.5 Å². The smallest absolute Gasteiger partial charge is 0.142 e. The zero-order valence-electron chi connectivity index (χ0n) is 11.3. The molecule has 0 spiro atoms. The van der Waals surface area contributed by atoms with Gasteiger partial charge in [-0.15, -0.1) is 0 Å². The molecule has 0 radical (unpaired) electrons. The molecular formula is C17H12ClN3. The number of nitrogens with zero attached hydrogens (tertiary/aromatic N) is 3. The van der Waals surface area contributed by atoms with Crippen molar-refractivity contribution in [2.75, 3.05) is 0 Å². The minimum absolute atomic E-state index is 0.495. The predicted molar refractivity (Wildman–Crippen MR) is 83.2 cm³/mol. The minimum Gasteiger partial charge on any atom is -0.321 e. The molecule has 0 saturated heterocycles. The molecule has 2 aromatic carbocycles. The molecule has 4 rings (SSSR count). The molecular weight excluding hydrogens is 282 g/mol. The van der Waals surface area contributed by atoms with Gasteiger partial charge in [0.25, 0.3) is 0 Å². The summed E-state index contributed by atoms with van der Waals surface area (Å²) in [6, 6.07) is 16.1. The molecule has 1 aliphatic rings. The molecule has 1 aromatic heterocycles. The summed E-state index contributed by atoms with van der Waals surface area (Å²) in [7, 11) is 0. The topological polar surface area (TPSA) is 41.6 Å². The van der Waals surface area contributed by atoms with Crippen LogP contribution < -0.4 is 0 Å². The minimum atomic E-state index is 0.495. The highest BCUT2D eigenvalue weighted by Gasteiger charge is 2.29. The Morgan fingerprint density at radius 2 is 2.00 bits per heavy atom. The van der Waals surface area contributed by atoms with Crippen LogP contribution >= 0.6 is 11.6 Å². The molecule has 0 bridgehead atoms. The molecule has 3 aromatic rings. The van der Waals surface area contributed by atoms with Gasteiger partial charge in [0.05, 0.1) is 27.7 Å². The number of nitriles is 1. The Kier molecular flexibility index (Phi) is 2.73. The van der Waals surface area contributed by atoms with Gasteiger partial charge >= 0.3 is 0 Å². The van der Waals surface area contributed by atoms with Gasteiger partial charge in [-0.05, 0) is 43.2 Å². The van der Waals surface area contributed by atoms with Crippen LogP contribution in [0.2, 0.25) is 5.02 Å². The van der Waals surface area contributed by atoms with Gasteiger partial charge < -0.3 is 4.57 Å². The molecule has 21 heavy (non-hydrogen) atoms. The molecule has 0 aliphatic heterocycles. The third-order valence-electron chi connectivity index (χ3n) is 3.85. The van der Waals surface area contributed by atoms with Gasteiger partial charge in [-0.2, -0.15) is 5.26 Å². The third-order valence-corrected chi connectivity index (χ3v) is 4.17. The first kappa shape index (κ1) is 12.4. The van der Waals surface area contributed by atoms with Gasteiger partial charge in [-0.1, -0.05) is 23.7 Å². The van der Waals surface area contributed by atoms with E-state index >= 15 is 0 Å². The lowest BCUT2D eigenvalue weighted by molar-refractivity contribution is 0.775. The molecule has 3 nitrogen and oxygen atoms in total. The van der Waals surface area contributed by atoms with Crippen LogP contribution in [0.5, 0.6) is 0 Å². The second kappa shape index (κ2) is 4.61. The summed E-state index contributed by atoms with van der Waals surface area (Å²) in [5.74, 6) is 0.896. The maximum Gasteiger partial charge on any atom is 0.142 e. The summed E-state index contributed by atoms with van der Waals surface area (Å²) in [6.07, 6.45) is 2.34. The van der Waals surface area contributed by atoms with E-state index in [0.717, 1.165) is 22.4 Å². The van der Waals surface area contributed by atoms with E-state index in [-0.39, 0.29) is 0 Å². The molecule has 1 heterocycles. The van der Waals surface area contributed by atoms with Crippen LogP contribution in [0.3, 0.4) is 0 Å².